The van der Waals surface area contributed by atoms with Crippen molar-refractivity contribution in [2.45, 2.75) is 25.8 Å². The van der Waals surface area contributed by atoms with E-state index in [0.717, 1.165) is 37.2 Å². The minimum Gasteiger partial charge on any atom is -0.385 e. The third kappa shape index (κ3) is 3.78. The molecular weight excluding hydrogens is 240 g/mol. The Bertz CT molecular complexity index is 446. The topological polar surface area (TPSA) is 50.4 Å². The van der Waals surface area contributed by atoms with Gasteiger partial charge in [0.2, 0.25) is 0 Å². The number of hydrogen-bond donors (Lipinski definition) is 2. The molecule has 0 spiro atoms. The molecule has 0 radical (unpaired) electrons. The second kappa shape index (κ2) is 6.68. The number of benzene rings is 1. The van der Waals surface area contributed by atoms with Crippen LogP contribution in [0.4, 0.5) is 5.69 Å². The number of methoxy groups -OCH3 is 1. The average molecular weight is 262 g/mol. The van der Waals surface area contributed by atoms with Crippen LogP contribution in [0.2, 0.25) is 0 Å². The predicted octanol–water partition coefficient (Wildman–Crippen LogP) is 1.85. The molecule has 1 aliphatic heterocycles. The monoisotopic (exact) mass is 262 g/mol. The molecule has 0 saturated heterocycles. The van der Waals surface area contributed by atoms with Gasteiger partial charge in [-0.05, 0) is 50.1 Å². The van der Waals surface area contributed by atoms with Crippen molar-refractivity contribution in [3.8, 4) is 0 Å². The van der Waals surface area contributed by atoms with Crippen LogP contribution in [0.25, 0.3) is 0 Å². The fourth-order valence-electron chi connectivity index (χ4n) is 2.37. The van der Waals surface area contributed by atoms with Crippen LogP contribution in [-0.4, -0.2) is 38.6 Å². The van der Waals surface area contributed by atoms with Crippen LogP contribution in [-0.2, 0) is 11.2 Å². The lowest BCUT2D eigenvalue weighted by atomic mass is 10.0. The van der Waals surface area contributed by atoms with Gasteiger partial charge in [-0.15, -0.1) is 0 Å². The third-order valence-corrected chi connectivity index (χ3v) is 3.34. The van der Waals surface area contributed by atoms with Gasteiger partial charge in [0, 0.05) is 31.0 Å². The van der Waals surface area contributed by atoms with Gasteiger partial charge in [0.05, 0.1) is 6.54 Å². The van der Waals surface area contributed by atoms with Crippen LogP contribution in [0.15, 0.2) is 18.2 Å². The molecule has 0 fully saturated rings. The molecule has 1 aromatic rings. The van der Waals surface area contributed by atoms with E-state index >= 15 is 0 Å². The third-order valence-electron chi connectivity index (χ3n) is 3.34. The SMILES string of the molecule is COCCCNCC(=O)c1ccc2c(c1)CC(C)N2. The Hall–Kier alpha value is -1.39. The van der Waals surface area contributed by atoms with Crippen molar-refractivity contribution in [2.24, 2.45) is 0 Å². The average Bonchev–Trinajstić information content (AvgIpc) is 2.77. The Labute approximate surface area is 114 Å². The van der Waals surface area contributed by atoms with Gasteiger partial charge in [0.25, 0.3) is 0 Å². The largest absolute Gasteiger partial charge is 0.385 e. The van der Waals surface area contributed by atoms with Gasteiger partial charge in [-0.1, -0.05) is 0 Å². The lowest BCUT2D eigenvalue weighted by Gasteiger charge is -2.06. The van der Waals surface area contributed by atoms with Crippen LogP contribution in [0.3, 0.4) is 0 Å². The van der Waals surface area contributed by atoms with E-state index in [0.29, 0.717) is 12.6 Å². The number of Topliss-reactive ketones (excluding diaryl/α,β-unsaturated/α-hetero) is 1. The molecule has 0 bridgehead atoms. The molecule has 104 valence electrons. The maximum absolute atomic E-state index is 12.0. The van der Waals surface area contributed by atoms with E-state index in [1.807, 2.05) is 18.2 Å². The van der Waals surface area contributed by atoms with Crippen molar-refractivity contribution >= 4 is 11.5 Å². The summed E-state index contributed by atoms with van der Waals surface area (Å²) in [4.78, 5) is 12.0. The Balaban J connectivity index is 1.85. The van der Waals surface area contributed by atoms with Crippen LogP contribution < -0.4 is 10.6 Å². The molecule has 1 heterocycles. The van der Waals surface area contributed by atoms with Crippen molar-refractivity contribution in [2.75, 3.05) is 32.1 Å². The molecule has 0 aromatic heterocycles. The van der Waals surface area contributed by atoms with Crippen LogP contribution >= 0.6 is 0 Å². The van der Waals surface area contributed by atoms with Gasteiger partial charge >= 0.3 is 0 Å². The molecule has 1 unspecified atom stereocenters. The predicted molar refractivity (Wildman–Crippen MR) is 76.9 cm³/mol. The molecule has 0 aliphatic carbocycles. The lowest BCUT2D eigenvalue weighted by molar-refractivity contribution is 0.0990. The Morgan fingerprint density at radius 3 is 3.16 bits per heavy atom. The standard InChI is InChI=1S/C15H22N2O2/c1-11-8-13-9-12(4-5-14(13)17-11)15(18)10-16-6-3-7-19-2/h4-5,9,11,16-17H,3,6-8,10H2,1-2H3. The Morgan fingerprint density at radius 2 is 2.37 bits per heavy atom. The van der Waals surface area contributed by atoms with Crippen molar-refractivity contribution in [3.05, 3.63) is 29.3 Å². The Morgan fingerprint density at radius 1 is 1.53 bits per heavy atom. The maximum Gasteiger partial charge on any atom is 0.176 e. The number of anilines is 1. The fraction of sp³-hybridized carbons (Fsp3) is 0.533. The molecule has 19 heavy (non-hydrogen) atoms. The van der Waals surface area contributed by atoms with Gasteiger partial charge in [-0.3, -0.25) is 4.79 Å². The van der Waals surface area contributed by atoms with Gasteiger partial charge in [-0.25, -0.2) is 0 Å². The fourth-order valence-corrected chi connectivity index (χ4v) is 2.37. The number of fused-ring (bicyclic) bond motifs is 1. The first-order valence-electron chi connectivity index (χ1n) is 6.83. The van der Waals surface area contributed by atoms with Crippen LogP contribution in [0.1, 0.15) is 29.3 Å². The first kappa shape index (κ1) is 14.0. The summed E-state index contributed by atoms with van der Waals surface area (Å²) in [5, 5.41) is 6.54. The Kier molecular flexibility index (Phi) is 4.93. The molecule has 2 rings (SSSR count). The second-order valence-corrected chi connectivity index (χ2v) is 5.07. The summed E-state index contributed by atoms with van der Waals surface area (Å²) in [7, 11) is 1.69. The molecular formula is C15H22N2O2. The number of rotatable bonds is 7. The number of ketones is 1. The molecule has 0 amide bonds. The van der Waals surface area contributed by atoms with E-state index in [1.54, 1.807) is 7.11 Å². The summed E-state index contributed by atoms with van der Waals surface area (Å²) < 4.78 is 4.96. The van der Waals surface area contributed by atoms with Crippen molar-refractivity contribution in [1.82, 2.24) is 5.32 Å². The molecule has 4 heteroatoms. The smallest absolute Gasteiger partial charge is 0.176 e. The van der Waals surface area contributed by atoms with E-state index < -0.39 is 0 Å². The van der Waals surface area contributed by atoms with E-state index in [-0.39, 0.29) is 5.78 Å². The quantitative estimate of drug-likeness (QED) is 0.581. The highest BCUT2D eigenvalue weighted by molar-refractivity contribution is 5.98. The minimum atomic E-state index is 0.153. The first-order valence-corrected chi connectivity index (χ1v) is 6.83. The summed E-state index contributed by atoms with van der Waals surface area (Å²) in [5.74, 6) is 0.153. The van der Waals surface area contributed by atoms with E-state index in [2.05, 4.69) is 17.6 Å². The van der Waals surface area contributed by atoms with Crippen molar-refractivity contribution < 1.29 is 9.53 Å². The highest BCUT2D eigenvalue weighted by atomic mass is 16.5. The summed E-state index contributed by atoms with van der Waals surface area (Å²) in [6.07, 6.45) is 1.92. The van der Waals surface area contributed by atoms with Crippen molar-refractivity contribution in [1.29, 1.82) is 0 Å². The minimum absolute atomic E-state index is 0.153. The lowest BCUT2D eigenvalue weighted by Crippen LogP contribution is -2.24. The summed E-state index contributed by atoms with van der Waals surface area (Å²) in [6, 6.07) is 6.40. The first-order chi connectivity index (χ1) is 9.20. The van der Waals surface area contributed by atoms with Gasteiger partial charge < -0.3 is 15.4 Å². The molecule has 2 N–H and O–H groups in total. The highest BCUT2D eigenvalue weighted by Crippen LogP contribution is 2.26. The molecule has 1 atom stereocenters. The number of carbonyl (C=O) groups excluding carboxylic acids is 1. The van der Waals surface area contributed by atoms with Gasteiger partial charge in [0.15, 0.2) is 5.78 Å². The zero-order valence-corrected chi connectivity index (χ0v) is 11.7. The van der Waals surface area contributed by atoms with E-state index in [4.69, 9.17) is 4.74 Å². The number of nitrogens with one attached hydrogen (secondary N) is 2. The number of carbonyl (C=O) groups is 1. The molecule has 1 aliphatic rings. The number of ether oxygens (including phenoxy) is 1. The highest BCUT2D eigenvalue weighted by Gasteiger charge is 2.17. The second-order valence-electron chi connectivity index (χ2n) is 5.07. The van der Waals surface area contributed by atoms with Crippen LogP contribution in [0, 0.1) is 0 Å². The number of hydrogen-bond acceptors (Lipinski definition) is 4. The van der Waals surface area contributed by atoms with E-state index in [9.17, 15) is 4.79 Å². The van der Waals surface area contributed by atoms with Gasteiger partial charge in [0.1, 0.15) is 0 Å². The summed E-state index contributed by atoms with van der Waals surface area (Å²) in [6.45, 7) is 4.08. The molecule has 1 aromatic carbocycles. The zero-order valence-electron chi connectivity index (χ0n) is 11.7. The van der Waals surface area contributed by atoms with E-state index in [1.165, 1.54) is 5.56 Å². The normalized spacial score (nSPS) is 17.1. The van der Waals surface area contributed by atoms with Crippen LogP contribution in [0.5, 0.6) is 0 Å². The zero-order chi connectivity index (χ0) is 13.7. The molecule has 0 saturated carbocycles. The summed E-state index contributed by atoms with van der Waals surface area (Å²) in [5.41, 5.74) is 3.21. The molecule has 4 nitrogen and oxygen atoms in total. The summed E-state index contributed by atoms with van der Waals surface area (Å²) >= 11 is 0. The maximum atomic E-state index is 12.0. The van der Waals surface area contributed by atoms with Crippen molar-refractivity contribution in [3.63, 3.8) is 0 Å². The van der Waals surface area contributed by atoms with Gasteiger partial charge in [-0.2, -0.15) is 0 Å².